The quantitative estimate of drug-likeness (QED) is 0.450. The Morgan fingerprint density at radius 3 is 2.29 bits per heavy atom. The van der Waals surface area contributed by atoms with Crippen LogP contribution in [0.1, 0.15) is 6.92 Å². The number of carbonyl (C=O) groups excluding carboxylic acids is 1. The Labute approximate surface area is 195 Å². The van der Waals surface area contributed by atoms with E-state index in [1.54, 1.807) is 17.0 Å². The fraction of sp³-hybridized carbons (Fsp3) is 0.429. The lowest BCUT2D eigenvalue weighted by atomic mass is 10.3. The fourth-order valence-electron chi connectivity index (χ4n) is 3.96. The zero-order valence-electron chi connectivity index (χ0n) is 19.2. The molecule has 182 valence electrons. The molecule has 1 aromatic carbocycles. The Balaban J connectivity index is 1.45. The predicted octanol–water partition coefficient (Wildman–Crippen LogP) is -0.634. The Morgan fingerprint density at radius 1 is 1.03 bits per heavy atom. The van der Waals surface area contributed by atoms with Crippen molar-refractivity contribution in [2.24, 2.45) is 14.1 Å². The van der Waals surface area contributed by atoms with Crippen molar-refractivity contribution in [2.45, 2.75) is 18.4 Å². The van der Waals surface area contributed by atoms with Crippen molar-refractivity contribution in [3.63, 3.8) is 0 Å². The molecule has 2 aromatic heterocycles. The SMILES string of the molecule is CCOc1ccc(S(=O)(=O)N2CCN(C(=O)Cn3cnc4c3c(=O)n(C)c(=O)n4C)CC2)cc1. The second-order valence-corrected chi connectivity index (χ2v) is 9.88. The highest BCUT2D eigenvalue weighted by atomic mass is 32.2. The molecule has 0 unspecified atom stereocenters. The van der Waals surface area contributed by atoms with E-state index in [2.05, 4.69) is 4.98 Å². The minimum Gasteiger partial charge on any atom is -0.494 e. The van der Waals surface area contributed by atoms with E-state index in [1.807, 2.05) is 6.92 Å². The highest BCUT2D eigenvalue weighted by Gasteiger charge is 2.30. The first-order valence-corrected chi connectivity index (χ1v) is 12.2. The summed E-state index contributed by atoms with van der Waals surface area (Å²) in [5, 5.41) is 0. The Hall–Kier alpha value is -3.45. The lowest BCUT2D eigenvalue weighted by Gasteiger charge is -2.34. The van der Waals surface area contributed by atoms with Crippen LogP contribution < -0.4 is 16.0 Å². The number of ether oxygens (including phenoxy) is 1. The first kappa shape index (κ1) is 23.7. The molecule has 4 rings (SSSR count). The van der Waals surface area contributed by atoms with Gasteiger partial charge in [0.2, 0.25) is 15.9 Å². The number of hydrogen-bond donors (Lipinski definition) is 0. The maximum atomic E-state index is 13.0. The van der Waals surface area contributed by atoms with Gasteiger partial charge in [-0.25, -0.2) is 18.2 Å². The number of amides is 1. The van der Waals surface area contributed by atoms with E-state index in [4.69, 9.17) is 4.74 Å². The molecule has 0 aliphatic carbocycles. The molecule has 1 fully saturated rings. The van der Waals surface area contributed by atoms with Crippen molar-refractivity contribution < 1.29 is 17.9 Å². The first-order valence-electron chi connectivity index (χ1n) is 10.8. The van der Waals surface area contributed by atoms with E-state index in [0.717, 1.165) is 4.57 Å². The average Bonchev–Trinajstić information content (AvgIpc) is 3.25. The number of carbonyl (C=O) groups is 1. The maximum absolute atomic E-state index is 13.0. The van der Waals surface area contributed by atoms with Crippen LogP contribution in [0.5, 0.6) is 5.75 Å². The third-order valence-corrected chi connectivity index (χ3v) is 7.80. The van der Waals surface area contributed by atoms with Gasteiger partial charge in [0.15, 0.2) is 11.2 Å². The summed E-state index contributed by atoms with van der Waals surface area (Å²) < 4.78 is 36.3. The number of aryl methyl sites for hydroxylation is 1. The van der Waals surface area contributed by atoms with Crippen LogP contribution in [0.4, 0.5) is 0 Å². The topological polar surface area (TPSA) is 129 Å². The molecule has 0 radical (unpaired) electrons. The summed E-state index contributed by atoms with van der Waals surface area (Å²) in [5.41, 5.74) is -0.671. The lowest BCUT2D eigenvalue weighted by Crippen LogP contribution is -2.51. The number of sulfonamides is 1. The number of aromatic nitrogens is 4. The van der Waals surface area contributed by atoms with Crippen molar-refractivity contribution in [1.29, 1.82) is 0 Å². The minimum atomic E-state index is -3.69. The molecule has 0 saturated carbocycles. The maximum Gasteiger partial charge on any atom is 0.332 e. The standard InChI is InChI=1S/C21H26N6O6S/c1-4-33-15-5-7-16(8-6-15)34(31,32)27-11-9-25(10-12-27)17(28)13-26-14-22-19-18(26)20(29)24(3)21(30)23(19)2/h5-8,14H,4,9-13H2,1-3H3. The summed E-state index contributed by atoms with van der Waals surface area (Å²) in [5.74, 6) is 0.326. The van der Waals surface area contributed by atoms with E-state index < -0.39 is 21.3 Å². The van der Waals surface area contributed by atoms with Gasteiger partial charge in [0, 0.05) is 40.3 Å². The molecule has 12 nitrogen and oxygen atoms in total. The van der Waals surface area contributed by atoms with Gasteiger partial charge in [0.1, 0.15) is 12.3 Å². The van der Waals surface area contributed by atoms with Gasteiger partial charge < -0.3 is 14.2 Å². The minimum absolute atomic E-state index is 0.143. The van der Waals surface area contributed by atoms with Gasteiger partial charge in [-0.15, -0.1) is 0 Å². The van der Waals surface area contributed by atoms with Gasteiger partial charge >= 0.3 is 5.69 Å². The van der Waals surface area contributed by atoms with Crippen LogP contribution in [0.25, 0.3) is 11.2 Å². The average molecular weight is 491 g/mol. The van der Waals surface area contributed by atoms with Crippen molar-refractivity contribution in [1.82, 2.24) is 27.9 Å². The second-order valence-electron chi connectivity index (χ2n) is 7.94. The van der Waals surface area contributed by atoms with Crippen molar-refractivity contribution >= 4 is 27.1 Å². The third-order valence-electron chi connectivity index (χ3n) is 5.89. The van der Waals surface area contributed by atoms with E-state index in [-0.39, 0.29) is 54.7 Å². The number of rotatable bonds is 6. The van der Waals surface area contributed by atoms with E-state index in [1.165, 1.54) is 46.0 Å². The smallest absolute Gasteiger partial charge is 0.332 e. The molecule has 34 heavy (non-hydrogen) atoms. The van der Waals surface area contributed by atoms with Crippen LogP contribution >= 0.6 is 0 Å². The molecule has 13 heteroatoms. The first-order chi connectivity index (χ1) is 16.1. The molecule has 0 N–H and O–H groups in total. The molecular weight excluding hydrogens is 464 g/mol. The largest absolute Gasteiger partial charge is 0.494 e. The number of imidazole rings is 1. The highest BCUT2D eigenvalue weighted by Crippen LogP contribution is 2.21. The van der Waals surface area contributed by atoms with Crippen LogP contribution in [-0.4, -0.2) is 75.0 Å². The van der Waals surface area contributed by atoms with Crippen LogP contribution in [0.3, 0.4) is 0 Å². The van der Waals surface area contributed by atoms with Crippen molar-refractivity contribution in [3.05, 3.63) is 51.4 Å². The number of benzene rings is 1. The van der Waals surface area contributed by atoms with Gasteiger partial charge in [0.05, 0.1) is 17.8 Å². The summed E-state index contributed by atoms with van der Waals surface area (Å²) in [6, 6.07) is 6.25. The zero-order chi connectivity index (χ0) is 24.6. The van der Waals surface area contributed by atoms with E-state index >= 15 is 0 Å². The van der Waals surface area contributed by atoms with E-state index in [0.29, 0.717) is 12.4 Å². The molecule has 1 aliphatic rings. The van der Waals surface area contributed by atoms with Crippen LogP contribution in [-0.2, 0) is 35.5 Å². The lowest BCUT2D eigenvalue weighted by molar-refractivity contribution is -0.132. The molecule has 1 saturated heterocycles. The molecule has 0 spiro atoms. The van der Waals surface area contributed by atoms with Gasteiger partial charge in [-0.1, -0.05) is 0 Å². The molecule has 3 heterocycles. The van der Waals surface area contributed by atoms with Crippen LogP contribution in [0.15, 0.2) is 45.1 Å². The summed E-state index contributed by atoms with van der Waals surface area (Å²) in [4.78, 5) is 43.4. The summed E-state index contributed by atoms with van der Waals surface area (Å²) >= 11 is 0. The number of piperazine rings is 1. The van der Waals surface area contributed by atoms with Gasteiger partial charge in [-0.3, -0.25) is 18.7 Å². The Morgan fingerprint density at radius 2 is 1.68 bits per heavy atom. The number of fused-ring (bicyclic) bond motifs is 1. The third kappa shape index (κ3) is 4.12. The van der Waals surface area contributed by atoms with Gasteiger partial charge in [0.25, 0.3) is 5.56 Å². The van der Waals surface area contributed by atoms with Crippen LogP contribution in [0, 0.1) is 0 Å². The van der Waals surface area contributed by atoms with E-state index in [9.17, 15) is 22.8 Å². The molecular formula is C21H26N6O6S. The van der Waals surface area contributed by atoms with Gasteiger partial charge in [-0.05, 0) is 31.2 Å². The van der Waals surface area contributed by atoms with Crippen molar-refractivity contribution in [3.8, 4) is 5.75 Å². The number of hydrogen-bond acceptors (Lipinski definition) is 7. The molecule has 0 bridgehead atoms. The monoisotopic (exact) mass is 490 g/mol. The Bertz CT molecular complexity index is 1450. The second kappa shape index (κ2) is 9.06. The molecule has 0 atom stereocenters. The van der Waals surface area contributed by atoms with Crippen molar-refractivity contribution in [2.75, 3.05) is 32.8 Å². The Kier molecular flexibility index (Phi) is 6.32. The fourth-order valence-corrected chi connectivity index (χ4v) is 5.39. The number of nitrogens with zero attached hydrogens (tertiary/aromatic N) is 6. The molecule has 1 amide bonds. The predicted molar refractivity (Wildman–Crippen MR) is 123 cm³/mol. The molecule has 1 aliphatic heterocycles. The summed E-state index contributed by atoms with van der Waals surface area (Å²) in [6.07, 6.45) is 1.36. The zero-order valence-corrected chi connectivity index (χ0v) is 20.0. The van der Waals surface area contributed by atoms with Gasteiger partial charge in [-0.2, -0.15) is 4.31 Å². The summed E-state index contributed by atoms with van der Waals surface area (Å²) in [6.45, 7) is 2.95. The highest BCUT2D eigenvalue weighted by molar-refractivity contribution is 7.89. The molecule has 3 aromatic rings. The normalized spacial score (nSPS) is 15.1. The van der Waals surface area contributed by atoms with Crippen LogP contribution in [0.2, 0.25) is 0 Å². The summed E-state index contributed by atoms with van der Waals surface area (Å²) in [7, 11) is -0.817.